The van der Waals surface area contributed by atoms with Crippen LogP contribution in [0.25, 0.3) is 0 Å². The van der Waals surface area contributed by atoms with Crippen molar-refractivity contribution in [3.8, 4) is 11.5 Å². The van der Waals surface area contributed by atoms with E-state index in [0.717, 1.165) is 16.7 Å². The van der Waals surface area contributed by atoms with Crippen LogP contribution in [0.2, 0.25) is 5.02 Å². The van der Waals surface area contributed by atoms with Gasteiger partial charge in [0.25, 0.3) is 0 Å². The van der Waals surface area contributed by atoms with Gasteiger partial charge in [0.15, 0.2) is 11.5 Å². The topological polar surface area (TPSA) is 87.5 Å². The second kappa shape index (κ2) is 13.2. The van der Waals surface area contributed by atoms with E-state index in [1.807, 2.05) is 87.5 Å². The van der Waals surface area contributed by atoms with Gasteiger partial charge in [0.05, 0.1) is 23.3 Å². The van der Waals surface area contributed by atoms with Crippen molar-refractivity contribution in [1.29, 1.82) is 0 Å². The predicted octanol–water partition coefficient (Wildman–Crippen LogP) is 7.81. The van der Waals surface area contributed by atoms with Gasteiger partial charge in [-0.3, -0.25) is 0 Å². The zero-order valence-electron chi connectivity index (χ0n) is 23.6. The van der Waals surface area contributed by atoms with Crippen LogP contribution in [0.1, 0.15) is 43.5 Å². The van der Waals surface area contributed by atoms with E-state index in [-0.39, 0.29) is 12.7 Å². The van der Waals surface area contributed by atoms with E-state index in [2.05, 4.69) is 21.2 Å². The number of fused-ring (bicyclic) bond motifs is 1. The summed E-state index contributed by atoms with van der Waals surface area (Å²) in [4.78, 5) is 18.5. The number of nitrogens with zero attached hydrogens (tertiary/aromatic N) is 3. The Hall–Kier alpha value is -3.47. The molecule has 0 saturated carbocycles. The highest BCUT2D eigenvalue weighted by molar-refractivity contribution is 9.10. The predicted molar refractivity (Wildman–Crippen MR) is 168 cm³/mol. The number of aromatic nitrogens is 3. The molecule has 0 radical (unpaired) electrons. The van der Waals surface area contributed by atoms with Crippen LogP contribution in [0.15, 0.2) is 87.6 Å². The smallest absolute Gasteiger partial charge is 0.338 e. The van der Waals surface area contributed by atoms with Gasteiger partial charge < -0.3 is 19.5 Å². The Kier molecular flexibility index (Phi) is 9.45. The number of halogens is 2. The van der Waals surface area contributed by atoms with Crippen LogP contribution < -0.4 is 14.8 Å². The molecule has 1 atom stereocenters. The first-order valence-corrected chi connectivity index (χ1v) is 15.5. The van der Waals surface area contributed by atoms with Gasteiger partial charge in [0, 0.05) is 16.5 Å². The molecule has 5 rings (SSSR count). The van der Waals surface area contributed by atoms with E-state index in [0.29, 0.717) is 49.1 Å². The normalized spacial score (nSPS) is 14.4. The highest BCUT2D eigenvalue weighted by Gasteiger charge is 2.36. The zero-order chi connectivity index (χ0) is 29.8. The average molecular weight is 670 g/mol. The van der Waals surface area contributed by atoms with Crippen molar-refractivity contribution in [3.63, 3.8) is 0 Å². The van der Waals surface area contributed by atoms with E-state index < -0.39 is 12.0 Å². The highest BCUT2D eigenvalue weighted by atomic mass is 79.9. The number of hydrogen-bond acceptors (Lipinski definition) is 8. The Bertz CT molecular complexity index is 1630. The standard InChI is InChI=1S/C31H30BrClN4O4S/c1-18(2)41-28-23(32)14-22(15-25(28)39-4)27-26(29(38)40-16-20-10-6-5-7-11-20)19(3)34-30-35-31(36-37(27)30)42-17-21-12-8-9-13-24(21)33/h5-15,18,27H,16-17H2,1-4H3,(H,34,35,36). The molecule has 0 amide bonds. The molecule has 218 valence electrons. The van der Waals surface area contributed by atoms with E-state index >= 15 is 0 Å². The van der Waals surface area contributed by atoms with Crippen LogP contribution >= 0.6 is 39.3 Å². The van der Waals surface area contributed by atoms with Crippen molar-refractivity contribution >= 4 is 51.2 Å². The fourth-order valence-electron chi connectivity index (χ4n) is 4.57. The highest BCUT2D eigenvalue weighted by Crippen LogP contribution is 2.43. The molecule has 11 heteroatoms. The number of thioether (sulfide) groups is 1. The summed E-state index contributed by atoms with van der Waals surface area (Å²) in [6.07, 6.45) is -0.0646. The number of benzene rings is 3. The number of esters is 1. The van der Waals surface area contributed by atoms with E-state index in [4.69, 9.17) is 35.9 Å². The fourth-order valence-corrected chi connectivity index (χ4v) is 6.24. The van der Waals surface area contributed by atoms with Gasteiger partial charge in [-0.1, -0.05) is 71.9 Å². The summed E-state index contributed by atoms with van der Waals surface area (Å²) in [5, 5.41) is 9.32. The molecule has 4 aromatic rings. The van der Waals surface area contributed by atoms with Gasteiger partial charge in [-0.05, 0) is 71.6 Å². The number of hydrogen-bond donors (Lipinski definition) is 1. The lowest BCUT2D eigenvalue weighted by molar-refractivity contribution is -0.140. The zero-order valence-corrected chi connectivity index (χ0v) is 26.7. The molecule has 0 spiro atoms. The van der Waals surface area contributed by atoms with E-state index in [1.54, 1.807) is 11.8 Å². The monoisotopic (exact) mass is 668 g/mol. The lowest BCUT2D eigenvalue weighted by atomic mass is 9.95. The minimum absolute atomic E-state index is 0.0646. The Labute approximate surface area is 262 Å². The summed E-state index contributed by atoms with van der Waals surface area (Å²) in [6, 6.07) is 20.4. The number of carbonyl (C=O) groups is 1. The molecular weight excluding hydrogens is 640 g/mol. The van der Waals surface area contributed by atoms with E-state index in [1.165, 1.54) is 11.8 Å². The van der Waals surface area contributed by atoms with Crippen molar-refractivity contribution in [3.05, 3.63) is 104 Å². The Balaban J connectivity index is 1.53. The molecule has 1 N–H and O–H groups in total. The second-order valence-corrected chi connectivity index (χ2v) is 12.1. The van der Waals surface area contributed by atoms with Gasteiger partial charge in [0.2, 0.25) is 11.1 Å². The summed E-state index contributed by atoms with van der Waals surface area (Å²) in [5.41, 5.74) is 3.66. The number of anilines is 1. The second-order valence-electron chi connectivity index (χ2n) is 9.87. The molecule has 1 aliphatic heterocycles. The Morgan fingerprint density at radius 1 is 1.14 bits per heavy atom. The van der Waals surface area contributed by atoms with Crippen molar-refractivity contribution in [2.24, 2.45) is 0 Å². The molecule has 1 unspecified atom stereocenters. The molecule has 2 heterocycles. The third-order valence-corrected chi connectivity index (χ3v) is 8.35. The van der Waals surface area contributed by atoms with Crippen LogP contribution in [0, 0.1) is 0 Å². The van der Waals surface area contributed by atoms with Crippen molar-refractivity contribution in [1.82, 2.24) is 14.8 Å². The SMILES string of the molecule is COc1cc(C2C(C(=O)OCc3ccccc3)=C(C)Nc3nc(SCc4ccccc4Cl)nn32)cc(Br)c1OC(C)C. The van der Waals surface area contributed by atoms with E-state index in [9.17, 15) is 4.79 Å². The minimum atomic E-state index is -0.648. The van der Waals surface area contributed by atoms with Crippen LogP contribution in [-0.4, -0.2) is 33.9 Å². The molecule has 1 aliphatic rings. The fraction of sp³-hybridized carbons (Fsp3) is 0.258. The summed E-state index contributed by atoms with van der Waals surface area (Å²) < 4.78 is 19.9. The quantitative estimate of drug-likeness (QED) is 0.135. The minimum Gasteiger partial charge on any atom is -0.493 e. The molecule has 8 nitrogen and oxygen atoms in total. The van der Waals surface area contributed by atoms with Crippen molar-refractivity contribution < 1.29 is 19.0 Å². The van der Waals surface area contributed by atoms with Gasteiger partial charge in [0.1, 0.15) is 12.6 Å². The lowest BCUT2D eigenvalue weighted by Gasteiger charge is -2.29. The maximum absolute atomic E-state index is 13.7. The van der Waals surface area contributed by atoms with Gasteiger partial charge in [-0.25, -0.2) is 9.48 Å². The number of nitrogens with one attached hydrogen (secondary N) is 1. The molecule has 0 saturated heterocycles. The van der Waals surface area contributed by atoms with Crippen molar-refractivity contribution in [2.75, 3.05) is 12.4 Å². The molecule has 0 aliphatic carbocycles. The van der Waals surface area contributed by atoms with Gasteiger partial charge in [-0.2, -0.15) is 4.98 Å². The first kappa shape index (κ1) is 30.0. The average Bonchev–Trinajstić information content (AvgIpc) is 3.38. The molecule has 3 aromatic carbocycles. The molecule has 42 heavy (non-hydrogen) atoms. The van der Waals surface area contributed by atoms with Gasteiger partial charge >= 0.3 is 5.97 Å². The third-order valence-electron chi connectivity index (χ3n) is 6.50. The third kappa shape index (κ3) is 6.61. The first-order valence-electron chi connectivity index (χ1n) is 13.3. The van der Waals surface area contributed by atoms with Crippen LogP contribution in [-0.2, 0) is 21.9 Å². The van der Waals surface area contributed by atoms with Gasteiger partial charge in [-0.15, -0.1) is 5.10 Å². The Morgan fingerprint density at radius 2 is 1.88 bits per heavy atom. The Morgan fingerprint density at radius 3 is 2.60 bits per heavy atom. The first-order chi connectivity index (χ1) is 20.2. The van der Waals surface area contributed by atoms with Crippen molar-refractivity contribution in [2.45, 2.75) is 50.4 Å². The molecule has 0 bridgehead atoms. The number of rotatable bonds is 10. The summed E-state index contributed by atoms with van der Waals surface area (Å²) >= 11 is 11.5. The maximum Gasteiger partial charge on any atom is 0.338 e. The lowest BCUT2D eigenvalue weighted by Crippen LogP contribution is -2.29. The summed E-state index contributed by atoms with van der Waals surface area (Å²) in [6.45, 7) is 5.87. The number of carbonyl (C=O) groups excluding carboxylic acids is 1. The number of methoxy groups -OCH3 is 1. The summed E-state index contributed by atoms with van der Waals surface area (Å²) in [5.74, 6) is 1.74. The molecule has 1 aromatic heterocycles. The molecule has 0 fully saturated rings. The maximum atomic E-state index is 13.7. The number of ether oxygens (including phenoxy) is 3. The molecular formula is C31H30BrClN4O4S. The van der Waals surface area contributed by atoms with Crippen LogP contribution in [0.5, 0.6) is 11.5 Å². The largest absolute Gasteiger partial charge is 0.493 e. The van der Waals surface area contributed by atoms with Crippen LogP contribution in [0.3, 0.4) is 0 Å². The summed E-state index contributed by atoms with van der Waals surface area (Å²) in [7, 11) is 1.58. The number of allylic oxidation sites excluding steroid dienone is 1. The van der Waals surface area contributed by atoms with Crippen LogP contribution in [0.4, 0.5) is 5.95 Å².